The maximum Gasteiger partial charge on any atom is 0.416 e. The summed E-state index contributed by atoms with van der Waals surface area (Å²) < 4.78 is 59.6. The first-order valence-corrected chi connectivity index (χ1v) is 12.7. The number of hydrogen-bond donors (Lipinski definition) is 1. The average Bonchev–Trinajstić information content (AvgIpc) is 3.60. The Kier molecular flexibility index (Phi) is 7.16. The van der Waals surface area contributed by atoms with Crippen LogP contribution >= 0.6 is 11.3 Å². The molecule has 1 unspecified atom stereocenters. The molecule has 2 aromatic carbocycles. The highest BCUT2D eigenvalue weighted by molar-refractivity contribution is 7.15. The van der Waals surface area contributed by atoms with Gasteiger partial charge >= 0.3 is 12.2 Å². The number of nitrogens with zero attached hydrogens (tertiary/aromatic N) is 3. The van der Waals surface area contributed by atoms with Crippen LogP contribution in [0.15, 0.2) is 60.1 Å². The number of benzene rings is 2. The second kappa shape index (κ2) is 10.5. The molecule has 11 heteroatoms. The molecule has 0 aliphatic carbocycles. The van der Waals surface area contributed by atoms with Crippen molar-refractivity contribution in [3.63, 3.8) is 0 Å². The van der Waals surface area contributed by atoms with E-state index >= 15 is 0 Å². The smallest absolute Gasteiger partial charge is 0.376 e. The fraction of sp³-hybridized carbons (Fsp3) is 0.308. The van der Waals surface area contributed by atoms with Gasteiger partial charge in [0.2, 0.25) is 0 Å². The Morgan fingerprint density at radius 1 is 1.16 bits per heavy atom. The number of carbonyl (C=O) groups excluding carboxylic acids is 1. The number of hydrogen-bond acceptors (Lipinski definition) is 4. The van der Waals surface area contributed by atoms with E-state index in [2.05, 4.69) is 10.3 Å². The molecule has 2 amide bonds. The molecule has 0 spiro atoms. The van der Waals surface area contributed by atoms with E-state index in [1.54, 1.807) is 17.0 Å². The van der Waals surface area contributed by atoms with E-state index in [0.29, 0.717) is 26.1 Å². The second-order valence-electron chi connectivity index (χ2n) is 8.85. The number of amides is 2. The van der Waals surface area contributed by atoms with Gasteiger partial charge in [-0.3, -0.25) is 4.40 Å². The van der Waals surface area contributed by atoms with Crippen LogP contribution in [0.4, 0.5) is 28.0 Å². The summed E-state index contributed by atoms with van der Waals surface area (Å²) in [5.74, 6) is -0.314. The van der Waals surface area contributed by atoms with Gasteiger partial charge in [-0.2, -0.15) is 13.2 Å². The van der Waals surface area contributed by atoms with E-state index < -0.39 is 17.8 Å². The number of alkyl halides is 3. The number of ether oxygens (including phenoxy) is 1. The van der Waals surface area contributed by atoms with Crippen LogP contribution in [0.2, 0.25) is 0 Å². The lowest BCUT2D eigenvalue weighted by Crippen LogP contribution is -2.41. The minimum atomic E-state index is -4.44. The van der Waals surface area contributed by atoms with Crippen molar-refractivity contribution in [1.82, 2.24) is 14.3 Å². The minimum absolute atomic E-state index is 0.0841. The Balaban J connectivity index is 1.30. The number of halogens is 4. The minimum Gasteiger partial charge on any atom is -0.376 e. The Morgan fingerprint density at radius 2 is 1.92 bits per heavy atom. The molecule has 0 radical (unpaired) electrons. The first-order chi connectivity index (χ1) is 17.8. The fourth-order valence-corrected chi connectivity index (χ4v) is 5.18. The lowest BCUT2D eigenvalue weighted by molar-refractivity contribution is -0.137. The molecular weight excluding hydrogens is 508 g/mol. The zero-order chi connectivity index (χ0) is 26.0. The maximum absolute atomic E-state index is 13.3. The highest BCUT2D eigenvalue weighted by Crippen LogP contribution is 2.30. The van der Waals surface area contributed by atoms with E-state index in [1.165, 1.54) is 35.6 Å². The lowest BCUT2D eigenvalue weighted by atomic mass is 10.2. The predicted molar refractivity (Wildman–Crippen MR) is 133 cm³/mol. The van der Waals surface area contributed by atoms with Gasteiger partial charge in [0.15, 0.2) is 4.96 Å². The number of fused-ring (bicyclic) bond motifs is 1. The SMILES string of the molecule is O=C(Nc1ccc(C(F)(F)F)cc1)N(CCc1csc2nc(-c3ccc(F)cc3)cn12)CC1CCCO1. The predicted octanol–water partition coefficient (Wildman–Crippen LogP) is 6.48. The molecule has 1 atom stereocenters. The highest BCUT2D eigenvalue weighted by atomic mass is 32.1. The van der Waals surface area contributed by atoms with Gasteiger partial charge < -0.3 is 15.0 Å². The Labute approximate surface area is 214 Å². The van der Waals surface area contributed by atoms with Crippen LogP contribution in [0.5, 0.6) is 0 Å². The van der Waals surface area contributed by atoms with Crippen molar-refractivity contribution in [3.8, 4) is 11.3 Å². The molecule has 1 fully saturated rings. The van der Waals surface area contributed by atoms with Gasteiger partial charge in [0, 0.05) is 54.6 Å². The van der Waals surface area contributed by atoms with E-state index in [0.717, 1.165) is 46.9 Å². The summed E-state index contributed by atoms with van der Waals surface area (Å²) in [5.41, 5.74) is 2.00. The number of nitrogens with one attached hydrogen (secondary N) is 1. The van der Waals surface area contributed by atoms with Gasteiger partial charge in [0.05, 0.1) is 17.4 Å². The summed E-state index contributed by atoms with van der Waals surface area (Å²) in [6.07, 6.45) is -0.336. The topological polar surface area (TPSA) is 58.9 Å². The van der Waals surface area contributed by atoms with Crippen LogP contribution in [-0.2, 0) is 17.3 Å². The number of carbonyl (C=O) groups is 1. The number of imidazole rings is 1. The van der Waals surface area contributed by atoms with Gasteiger partial charge in [-0.1, -0.05) is 0 Å². The normalized spacial score (nSPS) is 15.8. The lowest BCUT2D eigenvalue weighted by Gasteiger charge is -2.26. The van der Waals surface area contributed by atoms with Crippen molar-refractivity contribution in [1.29, 1.82) is 0 Å². The van der Waals surface area contributed by atoms with Crippen LogP contribution in [0.3, 0.4) is 0 Å². The third-order valence-corrected chi connectivity index (χ3v) is 7.15. The molecule has 5 rings (SSSR count). The molecule has 194 valence electrons. The first-order valence-electron chi connectivity index (χ1n) is 11.8. The van der Waals surface area contributed by atoms with Crippen molar-refractivity contribution < 1.29 is 27.1 Å². The summed E-state index contributed by atoms with van der Waals surface area (Å²) in [4.78, 5) is 20.2. The number of urea groups is 1. The van der Waals surface area contributed by atoms with Gasteiger partial charge in [0.1, 0.15) is 5.82 Å². The van der Waals surface area contributed by atoms with Gasteiger partial charge in [-0.25, -0.2) is 14.2 Å². The molecule has 0 bridgehead atoms. The molecule has 1 N–H and O–H groups in total. The Morgan fingerprint density at radius 3 is 2.59 bits per heavy atom. The quantitative estimate of drug-likeness (QED) is 0.277. The zero-order valence-electron chi connectivity index (χ0n) is 19.7. The largest absolute Gasteiger partial charge is 0.416 e. The molecule has 6 nitrogen and oxygen atoms in total. The molecule has 1 aliphatic heterocycles. The number of aromatic nitrogens is 2. The number of anilines is 1. The van der Waals surface area contributed by atoms with Gasteiger partial charge in [0.25, 0.3) is 0 Å². The molecule has 3 heterocycles. The third kappa shape index (κ3) is 5.94. The van der Waals surface area contributed by atoms with Crippen molar-refractivity contribution in [2.75, 3.05) is 25.0 Å². The van der Waals surface area contributed by atoms with E-state index in [-0.39, 0.29) is 17.6 Å². The standard InChI is InChI=1S/C26H24F4N4O2S/c27-19-7-3-17(4-8-19)23-15-34-21(16-37-25(34)32-23)11-12-33(14-22-2-1-13-36-22)24(35)31-20-9-5-18(6-10-20)26(28,29)30/h3-10,15-16,22H,1-2,11-14H2,(H,31,35). The van der Waals surface area contributed by atoms with Gasteiger partial charge in [-0.05, 0) is 61.4 Å². The van der Waals surface area contributed by atoms with Crippen molar-refractivity contribution >= 4 is 28.0 Å². The van der Waals surface area contributed by atoms with Crippen molar-refractivity contribution in [2.24, 2.45) is 0 Å². The van der Waals surface area contributed by atoms with Crippen LogP contribution in [0, 0.1) is 5.82 Å². The summed E-state index contributed by atoms with van der Waals surface area (Å²) in [6, 6.07) is 10.1. The van der Waals surface area contributed by atoms with Gasteiger partial charge in [-0.15, -0.1) is 11.3 Å². The fourth-order valence-electron chi connectivity index (χ4n) is 4.27. The van der Waals surface area contributed by atoms with E-state index in [4.69, 9.17) is 4.74 Å². The summed E-state index contributed by atoms with van der Waals surface area (Å²) in [7, 11) is 0. The highest BCUT2D eigenvalue weighted by Gasteiger charge is 2.30. The third-order valence-electron chi connectivity index (χ3n) is 6.26. The van der Waals surface area contributed by atoms with Crippen LogP contribution in [0.1, 0.15) is 24.1 Å². The monoisotopic (exact) mass is 532 g/mol. The average molecular weight is 533 g/mol. The summed E-state index contributed by atoms with van der Waals surface area (Å²) in [6.45, 7) is 1.40. The van der Waals surface area contributed by atoms with Crippen LogP contribution < -0.4 is 5.32 Å². The first kappa shape index (κ1) is 25.2. The molecule has 0 saturated carbocycles. The number of rotatable bonds is 7. The Hall–Kier alpha value is -3.44. The Bertz CT molecular complexity index is 1360. The van der Waals surface area contributed by atoms with Crippen molar-refractivity contribution in [2.45, 2.75) is 31.5 Å². The van der Waals surface area contributed by atoms with Crippen LogP contribution in [0.25, 0.3) is 16.2 Å². The van der Waals surface area contributed by atoms with E-state index in [9.17, 15) is 22.4 Å². The molecule has 1 aliphatic rings. The summed E-state index contributed by atoms with van der Waals surface area (Å²) >= 11 is 1.47. The molecular formula is C26H24F4N4O2S. The molecule has 37 heavy (non-hydrogen) atoms. The number of thiazole rings is 1. The second-order valence-corrected chi connectivity index (χ2v) is 9.69. The van der Waals surface area contributed by atoms with E-state index in [1.807, 2.05) is 16.0 Å². The molecule has 1 saturated heterocycles. The van der Waals surface area contributed by atoms with Crippen molar-refractivity contribution in [3.05, 3.63) is 77.2 Å². The van der Waals surface area contributed by atoms with Crippen LogP contribution in [-0.4, -0.2) is 46.1 Å². The summed E-state index contributed by atoms with van der Waals surface area (Å²) in [5, 5.41) is 4.69. The molecule has 4 aromatic rings. The maximum atomic E-state index is 13.3. The molecule has 2 aromatic heterocycles. The zero-order valence-corrected chi connectivity index (χ0v) is 20.5.